The molecule has 2 fully saturated rings. The molecule has 0 unspecified atom stereocenters. The second-order valence-electron chi connectivity index (χ2n) is 7.33. The van der Waals surface area contributed by atoms with E-state index in [1.54, 1.807) is 36.3 Å². The average molecular weight is 418 g/mol. The largest absolute Gasteiger partial charge is 0.497 e. The fraction of sp³-hybridized carbons (Fsp3) is 0.500. The van der Waals surface area contributed by atoms with Crippen LogP contribution in [-0.4, -0.2) is 85.3 Å². The quantitative estimate of drug-likeness (QED) is 0.507. The van der Waals surface area contributed by atoms with Gasteiger partial charge in [-0.3, -0.25) is 19.2 Å². The van der Waals surface area contributed by atoms with Gasteiger partial charge in [-0.25, -0.2) is 0 Å². The van der Waals surface area contributed by atoms with Crippen molar-refractivity contribution in [3.63, 3.8) is 0 Å². The fourth-order valence-corrected chi connectivity index (χ4v) is 3.73. The van der Waals surface area contributed by atoms with Crippen LogP contribution >= 0.6 is 0 Å². The summed E-state index contributed by atoms with van der Waals surface area (Å²) in [6.45, 7) is 1.19. The van der Waals surface area contributed by atoms with Crippen LogP contribution in [0.4, 0.5) is 0 Å². The molecule has 4 amide bonds. The maximum Gasteiger partial charge on any atom is 0.278 e. The zero-order valence-corrected chi connectivity index (χ0v) is 17.1. The summed E-state index contributed by atoms with van der Waals surface area (Å²) in [4.78, 5) is 53.2. The molecule has 0 spiro atoms. The number of piperazine rings is 1. The van der Waals surface area contributed by atoms with Crippen molar-refractivity contribution >= 4 is 23.6 Å². The molecule has 162 valence electrons. The molecule has 10 heteroatoms. The van der Waals surface area contributed by atoms with Crippen molar-refractivity contribution < 1.29 is 29.6 Å². The van der Waals surface area contributed by atoms with Gasteiger partial charge in [-0.15, -0.1) is 0 Å². The molecule has 1 aromatic rings. The number of hydrogen-bond donors (Lipinski definition) is 3. The van der Waals surface area contributed by atoms with E-state index in [1.165, 1.54) is 4.90 Å². The average Bonchev–Trinajstić information content (AvgIpc) is 2.79. The van der Waals surface area contributed by atoms with Gasteiger partial charge in [-0.2, -0.15) is 0 Å². The number of benzene rings is 1. The van der Waals surface area contributed by atoms with Crippen LogP contribution in [0, 0.1) is 0 Å². The number of hydrogen-bond acceptors (Lipinski definition) is 5. The SMILES string of the molecule is COc1ccc(C(=O)N2CCN(C(=O)C[NH3+])[C@@H](C(=O)N[C@H]3CCCNC3=O)C2)cc1. The number of methoxy groups -OCH3 is 1. The minimum Gasteiger partial charge on any atom is -0.497 e. The molecular formula is C20H28N5O5+. The number of carbonyl (C=O) groups is 4. The number of quaternary nitrogens is 1. The van der Waals surface area contributed by atoms with Crippen LogP contribution in [0.3, 0.4) is 0 Å². The van der Waals surface area contributed by atoms with Gasteiger partial charge in [-0.1, -0.05) is 0 Å². The Morgan fingerprint density at radius 3 is 2.60 bits per heavy atom. The lowest BCUT2D eigenvalue weighted by molar-refractivity contribution is -0.357. The molecule has 2 atom stereocenters. The van der Waals surface area contributed by atoms with Crippen LogP contribution in [0.1, 0.15) is 23.2 Å². The molecule has 0 aromatic heterocycles. The molecular weight excluding hydrogens is 390 g/mol. The number of nitrogens with zero attached hydrogens (tertiary/aromatic N) is 2. The number of piperidine rings is 1. The monoisotopic (exact) mass is 418 g/mol. The Kier molecular flexibility index (Phi) is 6.88. The molecule has 0 radical (unpaired) electrons. The molecule has 2 saturated heterocycles. The van der Waals surface area contributed by atoms with Crippen molar-refractivity contribution in [3.05, 3.63) is 29.8 Å². The van der Waals surface area contributed by atoms with Gasteiger partial charge in [0.1, 0.15) is 17.8 Å². The summed E-state index contributed by atoms with van der Waals surface area (Å²) in [7, 11) is 1.55. The molecule has 2 aliphatic rings. The van der Waals surface area contributed by atoms with E-state index >= 15 is 0 Å². The first kappa shape index (κ1) is 21.6. The van der Waals surface area contributed by atoms with E-state index in [-0.39, 0.29) is 37.4 Å². The van der Waals surface area contributed by atoms with E-state index in [9.17, 15) is 19.2 Å². The number of rotatable bonds is 5. The summed E-state index contributed by atoms with van der Waals surface area (Å²) >= 11 is 0. The predicted octanol–water partition coefficient (Wildman–Crippen LogP) is -2.02. The Bertz CT molecular complexity index is 812. The molecule has 0 aliphatic carbocycles. The maximum atomic E-state index is 13.0. The minimum atomic E-state index is -0.870. The Morgan fingerprint density at radius 2 is 1.97 bits per heavy atom. The van der Waals surface area contributed by atoms with E-state index in [0.29, 0.717) is 30.8 Å². The number of ether oxygens (including phenoxy) is 1. The Morgan fingerprint density at radius 1 is 1.23 bits per heavy atom. The first-order valence-corrected chi connectivity index (χ1v) is 10.0. The standard InChI is InChI=1S/C20H27N5O5/c1-30-14-6-4-13(5-7-14)20(29)24-9-10-25(17(26)11-21)16(12-24)19(28)23-15-3-2-8-22-18(15)27/h4-7,15-16H,2-3,8-12,21H2,1H3,(H,22,27)(H,23,28)/p+1/t15-,16+/m0/s1. The molecule has 3 rings (SSSR count). The zero-order chi connectivity index (χ0) is 21.7. The highest BCUT2D eigenvalue weighted by atomic mass is 16.5. The van der Waals surface area contributed by atoms with Crippen LogP contribution in [0.2, 0.25) is 0 Å². The van der Waals surface area contributed by atoms with Crippen molar-refractivity contribution in [2.24, 2.45) is 0 Å². The van der Waals surface area contributed by atoms with Crippen LogP contribution in [0.15, 0.2) is 24.3 Å². The number of nitrogens with one attached hydrogen (secondary N) is 2. The fourth-order valence-electron chi connectivity index (χ4n) is 3.73. The summed E-state index contributed by atoms with van der Waals surface area (Å²) < 4.78 is 5.12. The second kappa shape index (κ2) is 9.57. The normalized spacial score (nSPS) is 21.6. The molecule has 2 heterocycles. The van der Waals surface area contributed by atoms with Gasteiger partial charge in [0, 0.05) is 25.2 Å². The van der Waals surface area contributed by atoms with E-state index in [4.69, 9.17) is 4.74 Å². The Balaban J connectivity index is 1.74. The predicted molar refractivity (Wildman–Crippen MR) is 106 cm³/mol. The van der Waals surface area contributed by atoms with Crippen LogP contribution in [0.5, 0.6) is 5.75 Å². The van der Waals surface area contributed by atoms with Gasteiger partial charge < -0.3 is 30.9 Å². The van der Waals surface area contributed by atoms with Crippen LogP contribution < -0.4 is 21.1 Å². The lowest BCUT2D eigenvalue weighted by Gasteiger charge is -2.40. The summed E-state index contributed by atoms with van der Waals surface area (Å²) in [5.74, 6) is -0.523. The molecule has 30 heavy (non-hydrogen) atoms. The van der Waals surface area contributed by atoms with Gasteiger partial charge in [0.05, 0.1) is 13.7 Å². The van der Waals surface area contributed by atoms with Gasteiger partial charge in [0.15, 0.2) is 6.54 Å². The van der Waals surface area contributed by atoms with Crippen molar-refractivity contribution in [2.45, 2.75) is 24.9 Å². The van der Waals surface area contributed by atoms with Crippen molar-refractivity contribution in [1.82, 2.24) is 20.4 Å². The number of carbonyl (C=O) groups excluding carboxylic acids is 4. The third kappa shape index (κ3) is 4.70. The lowest BCUT2D eigenvalue weighted by atomic mass is 10.0. The number of amides is 4. The maximum absolute atomic E-state index is 13.0. The van der Waals surface area contributed by atoms with Gasteiger partial charge in [0.25, 0.3) is 11.8 Å². The Labute approximate surface area is 174 Å². The molecule has 5 N–H and O–H groups in total. The summed E-state index contributed by atoms with van der Waals surface area (Å²) in [5, 5.41) is 5.47. The summed E-state index contributed by atoms with van der Waals surface area (Å²) in [5.41, 5.74) is 4.09. The van der Waals surface area contributed by atoms with Crippen molar-refractivity contribution in [1.29, 1.82) is 0 Å². The van der Waals surface area contributed by atoms with E-state index < -0.39 is 18.0 Å². The van der Waals surface area contributed by atoms with Crippen molar-refractivity contribution in [3.8, 4) is 5.75 Å². The van der Waals surface area contributed by atoms with Gasteiger partial charge in [0.2, 0.25) is 11.8 Å². The zero-order valence-electron chi connectivity index (χ0n) is 17.1. The molecule has 2 aliphatic heterocycles. The molecule has 1 aromatic carbocycles. The van der Waals surface area contributed by atoms with E-state index in [2.05, 4.69) is 16.4 Å². The van der Waals surface area contributed by atoms with Gasteiger partial charge in [-0.05, 0) is 37.1 Å². The highest BCUT2D eigenvalue weighted by molar-refractivity contribution is 5.96. The second-order valence-corrected chi connectivity index (χ2v) is 7.33. The molecule has 10 nitrogen and oxygen atoms in total. The highest BCUT2D eigenvalue weighted by Gasteiger charge is 2.38. The van der Waals surface area contributed by atoms with Crippen LogP contribution in [0.25, 0.3) is 0 Å². The molecule has 0 saturated carbocycles. The van der Waals surface area contributed by atoms with E-state index in [1.807, 2.05) is 0 Å². The minimum absolute atomic E-state index is 0.0140. The first-order chi connectivity index (χ1) is 14.4. The Hall–Kier alpha value is -3.14. The summed E-state index contributed by atoms with van der Waals surface area (Å²) in [6, 6.07) is 5.22. The lowest BCUT2D eigenvalue weighted by Crippen LogP contribution is -2.67. The van der Waals surface area contributed by atoms with Gasteiger partial charge >= 0.3 is 0 Å². The molecule has 0 bridgehead atoms. The topological polar surface area (TPSA) is 136 Å². The third-order valence-corrected chi connectivity index (χ3v) is 5.44. The summed E-state index contributed by atoms with van der Waals surface area (Å²) in [6.07, 6.45) is 1.31. The first-order valence-electron chi connectivity index (χ1n) is 10.0. The van der Waals surface area contributed by atoms with Crippen LogP contribution in [-0.2, 0) is 14.4 Å². The highest BCUT2D eigenvalue weighted by Crippen LogP contribution is 2.17. The van der Waals surface area contributed by atoms with E-state index in [0.717, 1.165) is 6.42 Å². The van der Waals surface area contributed by atoms with Crippen molar-refractivity contribution in [2.75, 3.05) is 39.8 Å². The smallest absolute Gasteiger partial charge is 0.278 e. The third-order valence-electron chi connectivity index (χ3n) is 5.44.